The van der Waals surface area contributed by atoms with Gasteiger partial charge in [0.25, 0.3) is 0 Å². The van der Waals surface area contributed by atoms with Crippen molar-refractivity contribution < 1.29 is 4.74 Å². The molecule has 0 atom stereocenters. The largest absolute Gasteiger partial charge is 0.487 e. The van der Waals surface area contributed by atoms with E-state index in [2.05, 4.69) is 57.4 Å². The van der Waals surface area contributed by atoms with Crippen LogP contribution >= 0.6 is 15.9 Å². The van der Waals surface area contributed by atoms with Gasteiger partial charge in [-0.2, -0.15) is 0 Å². The summed E-state index contributed by atoms with van der Waals surface area (Å²) >= 11 is 3.38. The Morgan fingerprint density at radius 2 is 2.05 bits per heavy atom. The average Bonchev–Trinajstić information content (AvgIpc) is 2.46. The van der Waals surface area contributed by atoms with Gasteiger partial charge in [0.1, 0.15) is 12.4 Å². The smallest absolute Gasteiger partial charge is 0.139 e. The highest BCUT2D eigenvalue weighted by Gasteiger charge is 1.99. The van der Waals surface area contributed by atoms with Crippen LogP contribution in [-0.2, 0) is 13.2 Å². The molecule has 0 spiro atoms. The topological polar surface area (TPSA) is 34.1 Å². The number of hydrogen-bond donors (Lipinski definition) is 1. The molecule has 2 aromatic rings. The van der Waals surface area contributed by atoms with E-state index in [9.17, 15) is 0 Å². The van der Waals surface area contributed by atoms with E-state index in [-0.39, 0.29) is 0 Å². The maximum atomic E-state index is 5.74. The highest BCUT2D eigenvalue weighted by atomic mass is 79.9. The van der Waals surface area contributed by atoms with Gasteiger partial charge >= 0.3 is 0 Å². The summed E-state index contributed by atoms with van der Waals surface area (Å²) in [5.74, 6) is 0.772. The van der Waals surface area contributed by atoms with Crippen molar-refractivity contribution in [2.75, 3.05) is 6.54 Å². The monoisotopic (exact) mass is 334 g/mol. The predicted octanol–water partition coefficient (Wildman–Crippen LogP) is 3.92. The lowest BCUT2D eigenvalue weighted by Crippen LogP contribution is -2.13. The Kier molecular flexibility index (Phi) is 6.02. The summed E-state index contributed by atoms with van der Waals surface area (Å²) in [7, 11) is 0. The zero-order valence-corrected chi connectivity index (χ0v) is 13.2. The van der Waals surface area contributed by atoms with Crippen molar-refractivity contribution in [1.29, 1.82) is 0 Å². The molecule has 0 saturated heterocycles. The van der Waals surface area contributed by atoms with Gasteiger partial charge in [0.2, 0.25) is 0 Å². The van der Waals surface area contributed by atoms with Crippen LogP contribution in [0.5, 0.6) is 5.75 Å². The summed E-state index contributed by atoms with van der Waals surface area (Å²) in [5, 5.41) is 3.40. The molecule has 1 aromatic carbocycles. The van der Waals surface area contributed by atoms with Gasteiger partial charge in [-0.3, -0.25) is 4.98 Å². The van der Waals surface area contributed by atoms with E-state index in [0.717, 1.165) is 29.7 Å². The Morgan fingerprint density at radius 1 is 1.20 bits per heavy atom. The molecule has 2 rings (SSSR count). The molecule has 0 amide bonds. The maximum absolute atomic E-state index is 5.74. The minimum Gasteiger partial charge on any atom is -0.487 e. The normalized spacial score (nSPS) is 10.5. The fraction of sp³-hybridized carbons (Fsp3) is 0.312. The number of halogens is 1. The molecular formula is C16H19BrN2O. The Labute approximate surface area is 128 Å². The third-order valence-corrected chi connectivity index (χ3v) is 3.27. The molecule has 20 heavy (non-hydrogen) atoms. The molecule has 1 aromatic heterocycles. The second kappa shape index (κ2) is 8.02. The molecule has 0 bridgehead atoms. The Hall–Kier alpha value is -1.39. The van der Waals surface area contributed by atoms with E-state index in [1.165, 1.54) is 11.1 Å². The minimum absolute atomic E-state index is 0.555. The van der Waals surface area contributed by atoms with Crippen molar-refractivity contribution in [1.82, 2.24) is 10.3 Å². The van der Waals surface area contributed by atoms with Gasteiger partial charge in [-0.25, -0.2) is 0 Å². The molecule has 0 fully saturated rings. The maximum Gasteiger partial charge on any atom is 0.139 e. The second-order valence-electron chi connectivity index (χ2n) is 4.62. The predicted molar refractivity (Wildman–Crippen MR) is 84.7 cm³/mol. The fourth-order valence-electron chi connectivity index (χ4n) is 1.88. The third kappa shape index (κ3) is 4.94. The third-order valence-electron chi connectivity index (χ3n) is 2.83. The molecule has 0 unspecified atom stereocenters. The molecule has 1 N–H and O–H groups in total. The minimum atomic E-state index is 0.555. The lowest BCUT2D eigenvalue weighted by atomic mass is 10.1. The van der Waals surface area contributed by atoms with Crippen LogP contribution in [0.3, 0.4) is 0 Å². The number of nitrogens with one attached hydrogen (secondary N) is 1. The summed E-state index contributed by atoms with van der Waals surface area (Å²) in [5.41, 5.74) is 2.45. The number of aromatic nitrogens is 1. The molecule has 0 aliphatic carbocycles. The number of rotatable bonds is 7. The summed E-state index contributed by atoms with van der Waals surface area (Å²) in [4.78, 5) is 4.08. The summed E-state index contributed by atoms with van der Waals surface area (Å²) in [6, 6.07) is 10.4. The molecule has 3 nitrogen and oxygen atoms in total. The van der Waals surface area contributed by atoms with Crippen LogP contribution in [-0.4, -0.2) is 11.5 Å². The van der Waals surface area contributed by atoms with Crippen LogP contribution in [0, 0.1) is 0 Å². The first kappa shape index (κ1) is 15.0. The van der Waals surface area contributed by atoms with E-state index >= 15 is 0 Å². The average molecular weight is 335 g/mol. The van der Waals surface area contributed by atoms with Gasteiger partial charge in [0.15, 0.2) is 0 Å². The summed E-state index contributed by atoms with van der Waals surface area (Å²) in [6.45, 7) is 4.67. The van der Waals surface area contributed by atoms with E-state index in [1.54, 1.807) is 12.4 Å². The highest BCUT2D eigenvalue weighted by Crippen LogP contribution is 2.17. The van der Waals surface area contributed by atoms with Gasteiger partial charge in [-0.05, 0) is 46.1 Å². The fourth-order valence-corrected chi connectivity index (χ4v) is 2.22. The second-order valence-corrected chi connectivity index (χ2v) is 5.54. The molecule has 4 heteroatoms. The lowest BCUT2D eigenvalue weighted by Gasteiger charge is -2.08. The van der Waals surface area contributed by atoms with Crippen LogP contribution in [0.15, 0.2) is 47.2 Å². The van der Waals surface area contributed by atoms with Crippen molar-refractivity contribution in [3.63, 3.8) is 0 Å². The van der Waals surface area contributed by atoms with Gasteiger partial charge in [0, 0.05) is 17.2 Å². The molecule has 1 heterocycles. The molecule has 0 saturated carbocycles. The zero-order chi connectivity index (χ0) is 14.2. The van der Waals surface area contributed by atoms with Crippen LogP contribution in [0.25, 0.3) is 0 Å². The van der Waals surface area contributed by atoms with Crippen molar-refractivity contribution in [3.8, 4) is 5.75 Å². The number of pyridine rings is 1. The molecule has 0 radical (unpaired) electrons. The van der Waals surface area contributed by atoms with Crippen LogP contribution in [0.2, 0.25) is 0 Å². The van der Waals surface area contributed by atoms with Crippen molar-refractivity contribution >= 4 is 15.9 Å². The number of nitrogens with zero attached hydrogens (tertiary/aromatic N) is 1. The molecule has 0 aliphatic rings. The van der Waals surface area contributed by atoms with Crippen molar-refractivity contribution in [2.24, 2.45) is 0 Å². The van der Waals surface area contributed by atoms with Crippen LogP contribution in [0.4, 0.5) is 0 Å². The van der Waals surface area contributed by atoms with Gasteiger partial charge in [-0.15, -0.1) is 0 Å². The first-order chi connectivity index (χ1) is 9.78. The van der Waals surface area contributed by atoms with Crippen molar-refractivity contribution in [3.05, 3.63) is 58.3 Å². The summed E-state index contributed by atoms with van der Waals surface area (Å²) < 4.78 is 6.66. The highest BCUT2D eigenvalue weighted by molar-refractivity contribution is 9.10. The van der Waals surface area contributed by atoms with E-state index in [4.69, 9.17) is 4.74 Å². The quantitative estimate of drug-likeness (QED) is 0.779. The molecule has 106 valence electrons. The standard InChI is InChI=1S/C16H19BrN2O/c1-2-6-18-9-13-4-3-5-14(7-13)12-20-16-8-15(17)10-19-11-16/h3-5,7-8,10-11,18H,2,6,9,12H2,1H3. The summed E-state index contributed by atoms with van der Waals surface area (Å²) in [6.07, 6.45) is 4.61. The van der Waals surface area contributed by atoms with E-state index in [0.29, 0.717) is 6.61 Å². The van der Waals surface area contributed by atoms with Gasteiger partial charge in [0.05, 0.1) is 6.20 Å². The zero-order valence-electron chi connectivity index (χ0n) is 11.6. The first-order valence-corrected chi connectivity index (χ1v) is 7.59. The van der Waals surface area contributed by atoms with Gasteiger partial charge < -0.3 is 10.1 Å². The Bertz CT molecular complexity index is 546. The van der Waals surface area contributed by atoms with E-state index in [1.807, 2.05) is 6.07 Å². The number of benzene rings is 1. The SMILES string of the molecule is CCCNCc1cccc(COc2cncc(Br)c2)c1. The van der Waals surface area contributed by atoms with Gasteiger partial charge in [-0.1, -0.05) is 31.2 Å². The number of hydrogen-bond acceptors (Lipinski definition) is 3. The molecular weight excluding hydrogens is 316 g/mol. The van der Waals surface area contributed by atoms with Crippen molar-refractivity contribution in [2.45, 2.75) is 26.5 Å². The lowest BCUT2D eigenvalue weighted by molar-refractivity contribution is 0.304. The van der Waals surface area contributed by atoms with Crippen LogP contribution < -0.4 is 10.1 Å². The Balaban J connectivity index is 1.91. The number of ether oxygens (including phenoxy) is 1. The molecule has 0 aliphatic heterocycles. The van der Waals surface area contributed by atoms with Crippen LogP contribution in [0.1, 0.15) is 24.5 Å². The van der Waals surface area contributed by atoms with E-state index < -0.39 is 0 Å². The first-order valence-electron chi connectivity index (χ1n) is 6.80. The Morgan fingerprint density at radius 3 is 2.85 bits per heavy atom.